The zero-order valence-corrected chi connectivity index (χ0v) is 16.7. The topological polar surface area (TPSA) is 59.9 Å². The van der Waals surface area contributed by atoms with E-state index in [-0.39, 0.29) is 12.5 Å². The predicted octanol–water partition coefficient (Wildman–Crippen LogP) is 5.22. The minimum Gasteiger partial charge on any atom is -0.488 e. The van der Waals surface area contributed by atoms with Crippen LogP contribution >= 0.6 is 11.6 Å². The number of nitrogens with one attached hydrogen (secondary N) is 1. The van der Waals surface area contributed by atoms with Crippen molar-refractivity contribution in [3.63, 3.8) is 0 Å². The van der Waals surface area contributed by atoms with Gasteiger partial charge >= 0.3 is 0 Å². The molecule has 3 aromatic carbocycles. The van der Waals surface area contributed by atoms with Crippen molar-refractivity contribution in [1.82, 2.24) is 0 Å². The SMILES string of the molecule is Cc1ccc(COc2ccccc2/C=N/OCC(=O)Nc2ccc(Cl)cc2)cc1. The number of amides is 1. The lowest BCUT2D eigenvalue weighted by molar-refractivity contribution is -0.120. The van der Waals surface area contributed by atoms with Crippen LogP contribution in [-0.2, 0) is 16.2 Å². The second-order valence-electron chi connectivity index (χ2n) is 6.38. The van der Waals surface area contributed by atoms with Gasteiger partial charge in [-0.15, -0.1) is 0 Å². The van der Waals surface area contributed by atoms with Crippen LogP contribution < -0.4 is 10.1 Å². The molecule has 1 amide bonds. The first-order chi connectivity index (χ1) is 14.1. The highest BCUT2D eigenvalue weighted by Gasteiger charge is 2.04. The highest BCUT2D eigenvalue weighted by molar-refractivity contribution is 6.30. The van der Waals surface area contributed by atoms with Gasteiger partial charge in [0.1, 0.15) is 12.4 Å². The van der Waals surface area contributed by atoms with Gasteiger partial charge in [0.25, 0.3) is 5.91 Å². The Labute approximate surface area is 174 Å². The van der Waals surface area contributed by atoms with Gasteiger partial charge in [0.05, 0.1) is 6.21 Å². The van der Waals surface area contributed by atoms with Gasteiger partial charge in [-0.25, -0.2) is 0 Å². The maximum absolute atomic E-state index is 11.9. The van der Waals surface area contributed by atoms with Crippen molar-refractivity contribution >= 4 is 29.4 Å². The molecule has 0 atom stereocenters. The third kappa shape index (κ3) is 6.66. The molecule has 0 aliphatic heterocycles. The van der Waals surface area contributed by atoms with Crippen LogP contribution in [0.4, 0.5) is 5.69 Å². The molecule has 3 aromatic rings. The summed E-state index contributed by atoms with van der Waals surface area (Å²) in [5, 5.41) is 7.18. The molecule has 29 heavy (non-hydrogen) atoms. The molecule has 0 saturated heterocycles. The number of para-hydroxylation sites is 1. The molecule has 0 spiro atoms. The first-order valence-corrected chi connectivity index (χ1v) is 9.46. The Morgan fingerprint density at radius 3 is 2.52 bits per heavy atom. The summed E-state index contributed by atoms with van der Waals surface area (Å²) in [7, 11) is 0. The van der Waals surface area contributed by atoms with Crippen LogP contribution in [0.1, 0.15) is 16.7 Å². The van der Waals surface area contributed by atoms with E-state index >= 15 is 0 Å². The zero-order chi connectivity index (χ0) is 20.5. The molecule has 0 fully saturated rings. The van der Waals surface area contributed by atoms with Gasteiger partial charge < -0.3 is 14.9 Å². The molecule has 0 heterocycles. The average Bonchev–Trinajstić information content (AvgIpc) is 2.73. The van der Waals surface area contributed by atoms with E-state index in [4.69, 9.17) is 21.2 Å². The van der Waals surface area contributed by atoms with E-state index in [0.717, 1.165) is 11.1 Å². The number of oxime groups is 1. The van der Waals surface area contributed by atoms with Crippen LogP contribution in [0, 0.1) is 6.92 Å². The Morgan fingerprint density at radius 2 is 1.76 bits per heavy atom. The largest absolute Gasteiger partial charge is 0.488 e. The van der Waals surface area contributed by atoms with Crippen LogP contribution in [0.3, 0.4) is 0 Å². The number of nitrogens with zero attached hydrogens (tertiary/aromatic N) is 1. The lowest BCUT2D eigenvalue weighted by atomic mass is 10.1. The summed E-state index contributed by atoms with van der Waals surface area (Å²) in [6.07, 6.45) is 1.53. The molecule has 3 rings (SSSR count). The molecule has 0 aliphatic rings. The van der Waals surface area contributed by atoms with Crippen molar-refractivity contribution in [1.29, 1.82) is 0 Å². The van der Waals surface area contributed by atoms with E-state index in [9.17, 15) is 4.79 Å². The Hall–Kier alpha value is -3.31. The molecule has 0 aliphatic carbocycles. The number of ether oxygens (including phenoxy) is 1. The first-order valence-electron chi connectivity index (χ1n) is 9.08. The molecule has 0 radical (unpaired) electrons. The molecular formula is C23H21ClN2O3. The molecule has 0 unspecified atom stereocenters. The van der Waals surface area contributed by atoms with Crippen molar-refractivity contribution in [3.8, 4) is 5.75 Å². The van der Waals surface area contributed by atoms with E-state index in [1.54, 1.807) is 24.3 Å². The minimum absolute atomic E-state index is 0.203. The van der Waals surface area contributed by atoms with E-state index in [0.29, 0.717) is 23.1 Å². The monoisotopic (exact) mass is 408 g/mol. The second kappa shape index (κ2) is 10.3. The Kier molecular flexibility index (Phi) is 7.25. The number of rotatable bonds is 8. The van der Waals surface area contributed by atoms with Crippen LogP contribution in [0.15, 0.2) is 78.0 Å². The second-order valence-corrected chi connectivity index (χ2v) is 6.81. The lowest BCUT2D eigenvalue weighted by Crippen LogP contribution is -2.16. The highest BCUT2D eigenvalue weighted by atomic mass is 35.5. The lowest BCUT2D eigenvalue weighted by Gasteiger charge is -2.09. The summed E-state index contributed by atoms with van der Waals surface area (Å²) in [5.41, 5.74) is 3.69. The molecule has 0 saturated carbocycles. The van der Waals surface area contributed by atoms with Crippen LogP contribution in [0.2, 0.25) is 5.02 Å². The Bertz CT molecular complexity index is 970. The average molecular weight is 409 g/mol. The smallest absolute Gasteiger partial charge is 0.265 e. The molecular weight excluding hydrogens is 388 g/mol. The molecule has 6 heteroatoms. The van der Waals surface area contributed by atoms with Crippen molar-refractivity contribution in [2.45, 2.75) is 13.5 Å². The third-order valence-corrected chi connectivity index (χ3v) is 4.28. The van der Waals surface area contributed by atoms with Gasteiger partial charge in [-0.3, -0.25) is 4.79 Å². The van der Waals surface area contributed by atoms with E-state index < -0.39 is 0 Å². The molecule has 1 N–H and O–H groups in total. The van der Waals surface area contributed by atoms with E-state index in [1.807, 2.05) is 43.3 Å². The number of carbonyl (C=O) groups is 1. The van der Waals surface area contributed by atoms with Crippen LogP contribution in [0.5, 0.6) is 5.75 Å². The normalized spacial score (nSPS) is 10.7. The van der Waals surface area contributed by atoms with Gasteiger partial charge in [-0.05, 0) is 48.9 Å². The number of halogens is 1. The van der Waals surface area contributed by atoms with Gasteiger partial charge in [0.2, 0.25) is 0 Å². The van der Waals surface area contributed by atoms with Gasteiger partial charge in [-0.1, -0.05) is 58.7 Å². The number of benzene rings is 3. The van der Waals surface area contributed by atoms with Crippen LogP contribution in [-0.4, -0.2) is 18.7 Å². The Balaban J connectivity index is 1.50. The highest BCUT2D eigenvalue weighted by Crippen LogP contribution is 2.18. The molecule has 148 valence electrons. The van der Waals surface area contributed by atoms with Crippen molar-refractivity contribution in [2.24, 2.45) is 5.16 Å². The quantitative estimate of drug-likeness (QED) is 0.410. The number of aryl methyl sites for hydroxylation is 1. The molecule has 5 nitrogen and oxygen atoms in total. The number of carbonyl (C=O) groups excluding carboxylic acids is 1. The van der Waals surface area contributed by atoms with Gasteiger partial charge in [0, 0.05) is 16.3 Å². The summed E-state index contributed by atoms with van der Waals surface area (Å²) in [6, 6.07) is 22.5. The standard InChI is InChI=1S/C23H21ClN2O3/c1-17-6-8-18(9-7-17)15-28-22-5-3-2-4-19(22)14-25-29-16-23(27)26-21-12-10-20(24)11-13-21/h2-14H,15-16H2,1H3,(H,26,27)/b25-14+. The maximum atomic E-state index is 11.9. The van der Waals surface area contributed by atoms with Gasteiger partial charge in [0.15, 0.2) is 6.61 Å². The number of hydrogen-bond acceptors (Lipinski definition) is 4. The third-order valence-electron chi connectivity index (χ3n) is 4.02. The summed E-state index contributed by atoms with van der Waals surface area (Å²) < 4.78 is 5.89. The summed E-state index contributed by atoms with van der Waals surface area (Å²) >= 11 is 5.82. The molecule has 0 aromatic heterocycles. The van der Waals surface area contributed by atoms with Crippen molar-refractivity contribution < 1.29 is 14.4 Å². The predicted molar refractivity (Wildman–Crippen MR) is 116 cm³/mol. The summed E-state index contributed by atoms with van der Waals surface area (Å²) in [4.78, 5) is 17.0. The number of hydrogen-bond donors (Lipinski definition) is 1. The summed E-state index contributed by atoms with van der Waals surface area (Å²) in [6.45, 7) is 2.30. The Morgan fingerprint density at radius 1 is 1.03 bits per heavy atom. The minimum atomic E-state index is -0.312. The van der Waals surface area contributed by atoms with E-state index in [2.05, 4.69) is 22.6 Å². The fraction of sp³-hybridized carbons (Fsp3) is 0.130. The van der Waals surface area contributed by atoms with Crippen molar-refractivity contribution in [3.05, 3.63) is 94.5 Å². The summed E-state index contributed by atoms with van der Waals surface area (Å²) in [5.74, 6) is 0.374. The van der Waals surface area contributed by atoms with Crippen LogP contribution in [0.25, 0.3) is 0 Å². The fourth-order valence-corrected chi connectivity index (χ4v) is 2.61. The first kappa shape index (κ1) is 20.4. The number of anilines is 1. The van der Waals surface area contributed by atoms with Gasteiger partial charge in [-0.2, -0.15) is 0 Å². The maximum Gasteiger partial charge on any atom is 0.265 e. The zero-order valence-electron chi connectivity index (χ0n) is 16.0. The molecule has 0 bridgehead atoms. The fourth-order valence-electron chi connectivity index (χ4n) is 2.48. The van der Waals surface area contributed by atoms with Crippen molar-refractivity contribution in [2.75, 3.05) is 11.9 Å². The van der Waals surface area contributed by atoms with E-state index in [1.165, 1.54) is 11.8 Å².